The van der Waals surface area contributed by atoms with Crippen molar-refractivity contribution in [3.05, 3.63) is 23.9 Å². The maximum Gasteiger partial charge on any atom is 0.235 e. The number of carbonyl (C=O) groups excluding carboxylic acids is 1. The number of hydrogen-bond donors (Lipinski definition) is 2. The Bertz CT molecular complexity index is 647. The second-order valence-electron chi connectivity index (χ2n) is 7.44. The summed E-state index contributed by atoms with van der Waals surface area (Å²) in [6, 6.07) is 6.35. The molecule has 2 aliphatic rings. The van der Waals surface area contributed by atoms with Crippen molar-refractivity contribution >= 4 is 11.7 Å². The van der Waals surface area contributed by atoms with E-state index in [2.05, 4.69) is 33.5 Å². The summed E-state index contributed by atoms with van der Waals surface area (Å²) >= 11 is 0. The molecule has 1 aliphatic carbocycles. The molecular formula is C19H27N5O. The van der Waals surface area contributed by atoms with Gasteiger partial charge in [0.05, 0.1) is 12.6 Å². The molecule has 0 aromatic carbocycles. The van der Waals surface area contributed by atoms with Crippen molar-refractivity contribution in [1.82, 2.24) is 15.2 Å². The van der Waals surface area contributed by atoms with Gasteiger partial charge in [-0.05, 0) is 69.2 Å². The normalized spacial score (nSPS) is 22.5. The van der Waals surface area contributed by atoms with E-state index in [0.717, 1.165) is 57.6 Å². The molecule has 25 heavy (non-hydrogen) atoms. The van der Waals surface area contributed by atoms with Gasteiger partial charge < -0.3 is 10.6 Å². The van der Waals surface area contributed by atoms with Gasteiger partial charge in [-0.3, -0.25) is 9.69 Å². The molecule has 2 fully saturated rings. The number of aryl methyl sites for hydroxylation is 1. The standard InChI is InChI=1S/C19H27N5O/c1-15-4-8-21-17(10-15)22-11-16-5-9-24(12-16)13-18(25)23-19(14-20)6-2-3-7-19/h4,8,10,16H,2-3,5-7,9,11-13H2,1H3,(H,21,22)(H,23,25)/t16-/m1/s1. The van der Waals surface area contributed by atoms with E-state index >= 15 is 0 Å². The highest BCUT2D eigenvalue weighted by Gasteiger charge is 2.36. The van der Waals surface area contributed by atoms with E-state index in [1.54, 1.807) is 0 Å². The number of anilines is 1. The molecule has 0 radical (unpaired) electrons. The number of nitrogens with zero attached hydrogens (tertiary/aromatic N) is 3. The molecule has 6 nitrogen and oxygen atoms in total. The summed E-state index contributed by atoms with van der Waals surface area (Å²) in [6.45, 7) is 5.16. The van der Waals surface area contributed by atoms with Gasteiger partial charge in [0.15, 0.2) is 0 Å². The number of nitrogens with one attached hydrogen (secondary N) is 2. The second-order valence-corrected chi connectivity index (χ2v) is 7.44. The van der Waals surface area contributed by atoms with Crippen molar-refractivity contribution in [3.63, 3.8) is 0 Å². The van der Waals surface area contributed by atoms with Gasteiger partial charge in [-0.25, -0.2) is 4.98 Å². The zero-order valence-corrected chi connectivity index (χ0v) is 14.9. The Morgan fingerprint density at radius 1 is 1.48 bits per heavy atom. The summed E-state index contributed by atoms with van der Waals surface area (Å²) in [7, 11) is 0. The maximum absolute atomic E-state index is 12.3. The number of amides is 1. The third-order valence-electron chi connectivity index (χ3n) is 5.27. The summed E-state index contributed by atoms with van der Waals surface area (Å²) in [5.74, 6) is 1.41. The zero-order chi connectivity index (χ0) is 17.7. The largest absolute Gasteiger partial charge is 0.370 e. The van der Waals surface area contributed by atoms with E-state index in [1.807, 2.05) is 18.3 Å². The Labute approximate surface area is 149 Å². The third kappa shape index (κ3) is 4.70. The minimum atomic E-state index is -0.616. The Kier molecular flexibility index (Phi) is 5.54. The maximum atomic E-state index is 12.3. The number of aromatic nitrogens is 1. The van der Waals surface area contributed by atoms with Gasteiger partial charge >= 0.3 is 0 Å². The highest BCUT2D eigenvalue weighted by molar-refractivity contribution is 5.79. The molecular weight excluding hydrogens is 314 g/mol. The predicted octanol–water partition coefficient (Wildman–Crippen LogP) is 2.08. The summed E-state index contributed by atoms with van der Waals surface area (Å²) in [4.78, 5) is 18.8. The van der Waals surface area contributed by atoms with Crippen LogP contribution in [0.1, 0.15) is 37.7 Å². The average molecular weight is 341 g/mol. The van der Waals surface area contributed by atoms with Crippen LogP contribution in [0.3, 0.4) is 0 Å². The Hall–Kier alpha value is -2.13. The van der Waals surface area contributed by atoms with Crippen molar-refractivity contribution in [2.24, 2.45) is 5.92 Å². The van der Waals surface area contributed by atoms with Gasteiger partial charge in [-0.2, -0.15) is 5.26 Å². The number of carbonyl (C=O) groups is 1. The third-order valence-corrected chi connectivity index (χ3v) is 5.27. The van der Waals surface area contributed by atoms with Crippen LogP contribution in [0.25, 0.3) is 0 Å². The first-order chi connectivity index (χ1) is 12.1. The molecule has 1 amide bonds. The Morgan fingerprint density at radius 2 is 2.28 bits per heavy atom. The summed E-state index contributed by atoms with van der Waals surface area (Å²) in [5.41, 5.74) is 0.578. The first-order valence-corrected chi connectivity index (χ1v) is 9.20. The van der Waals surface area contributed by atoms with Crippen LogP contribution in [0.15, 0.2) is 18.3 Å². The van der Waals surface area contributed by atoms with Crippen LogP contribution in [0.2, 0.25) is 0 Å². The molecule has 1 aliphatic heterocycles. The van der Waals surface area contributed by atoms with Crippen molar-refractivity contribution in [2.75, 3.05) is 31.5 Å². The van der Waals surface area contributed by atoms with E-state index in [9.17, 15) is 10.1 Å². The smallest absolute Gasteiger partial charge is 0.235 e. The van der Waals surface area contributed by atoms with Gasteiger partial charge in [0.2, 0.25) is 5.91 Å². The van der Waals surface area contributed by atoms with E-state index in [4.69, 9.17) is 0 Å². The Balaban J connectivity index is 1.42. The number of likely N-dealkylation sites (tertiary alicyclic amines) is 1. The molecule has 6 heteroatoms. The molecule has 0 bridgehead atoms. The highest BCUT2D eigenvalue weighted by Crippen LogP contribution is 2.28. The lowest BCUT2D eigenvalue weighted by atomic mass is 10.00. The molecule has 134 valence electrons. The number of rotatable bonds is 6. The molecule has 1 saturated carbocycles. The Morgan fingerprint density at radius 3 is 3.00 bits per heavy atom. The average Bonchev–Trinajstić information content (AvgIpc) is 3.23. The minimum Gasteiger partial charge on any atom is -0.370 e. The fourth-order valence-corrected chi connectivity index (χ4v) is 3.86. The SMILES string of the molecule is Cc1ccnc(NC[C@H]2CCN(CC(=O)NC3(C#N)CCCC3)C2)c1. The van der Waals surface area contributed by atoms with E-state index in [-0.39, 0.29) is 5.91 Å². The van der Waals surface area contributed by atoms with Gasteiger partial charge in [-0.15, -0.1) is 0 Å². The van der Waals surface area contributed by atoms with Crippen molar-refractivity contribution in [1.29, 1.82) is 5.26 Å². The molecule has 3 rings (SSSR count). The van der Waals surface area contributed by atoms with Crippen LogP contribution in [0.5, 0.6) is 0 Å². The molecule has 1 aromatic rings. The first kappa shape index (κ1) is 17.7. The molecule has 2 heterocycles. The van der Waals surface area contributed by atoms with E-state index in [1.165, 1.54) is 5.56 Å². The number of hydrogen-bond acceptors (Lipinski definition) is 5. The fourth-order valence-electron chi connectivity index (χ4n) is 3.86. The van der Waals surface area contributed by atoms with Crippen LogP contribution >= 0.6 is 0 Å². The summed E-state index contributed by atoms with van der Waals surface area (Å²) in [6.07, 6.45) is 6.51. The molecule has 0 unspecified atom stereocenters. The lowest BCUT2D eigenvalue weighted by Crippen LogP contribution is -2.48. The monoisotopic (exact) mass is 341 g/mol. The van der Waals surface area contributed by atoms with Crippen molar-refractivity contribution in [2.45, 2.75) is 44.6 Å². The van der Waals surface area contributed by atoms with Gasteiger partial charge in [-0.1, -0.05) is 0 Å². The predicted molar refractivity (Wildman–Crippen MR) is 97.0 cm³/mol. The lowest BCUT2D eigenvalue weighted by molar-refractivity contribution is -0.123. The molecule has 1 atom stereocenters. The van der Waals surface area contributed by atoms with Gasteiger partial charge in [0, 0.05) is 19.3 Å². The van der Waals surface area contributed by atoms with E-state index < -0.39 is 5.54 Å². The van der Waals surface area contributed by atoms with Crippen LogP contribution in [0.4, 0.5) is 5.82 Å². The van der Waals surface area contributed by atoms with Crippen molar-refractivity contribution < 1.29 is 4.79 Å². The molecule has 0 spiro atoms. The minimum absolute atomic E-state index is 0.0163. The zero-order valence-electron chi connectivity index (χ0n) is 14.9. The number of pyridine rings is 1. The topological polar surface area (TPSA) is 81.1 Å². The lowest BCUT2D eigenvalue weighted by Gasteiger charge is -2.24. The van der Waals surface area contributed by atoms with Crippen LogP contribution < -0.4 is 10.6 Å². The number of nitriles is 1. The van der Waals surface area contributed by atoms with Crippen molar-refractivity contribution in [3.8, 4) is 6.07 Å². The first-order valence-electron chi connectivity index (χ1n) is 9.20. The molecule has 1 aromatic heterocycles. The summed E-state index contributed by atoms with van der Waals surface area (Å²) < 4.78 is 0. The van der Waals surface area contributed by atoms with Gasteiger partial charge in [0.1, 0.15) is 11.4 Å². The van der Waals surface area contributed by atoms with Gasteiger partial charge in [0.25, 0.3) is 0 Å². The molecule has 1 saturated heterocycles. The van der Waals surface area contributed by atoms with Crippen LogP contribution in [-0.4, -0.2) is 47.5 Å². The van der Waals surface area contributed by atoms with Crippen LogP contribution in [0, 0.1) is 24.2 Å². The van der Waals surface area contributed by atoms with Crippen LogP contribution in [-0.2, 0) is 4.79 Å². The van der Waals surface area contributed by atoms with E-state index in [0.29, 0.717) is 12.5 Å². The fraction of sp³-hybridized carbons (Fsp3) is 0.632. The quantitative estimate of drug-likeness (QED) is 0.828. The second kappa shape index (κ2) is 7.83. The summed E-state index contributed by atoms with van der Waals surface area (Å²) in [5, 5.41) is 15.7. The highest BCUT2D eigenvalue weighted by atomic mass is 16.2. The molecule has 2 N–H and O–H groups in total.